The summed E-state index contributed by atoms with van der Waals surface area (Å²) in [7, 11) is 1.86. The van der Waals surface area contributed by atoms with E-state index in [-0.39, 0.29) is 5.82 Å². The van der Waals surface area contributed by atoms with Gasteiger partial charge in [0.1, 0.15) is 22.9 Å². The minimum Gasteiger partial charge on any atom is -0.437 e. The van der Waals surface area contributed by atoms with E-state index in [4.69, 9.17) is 4.74 Å². The summed E-state index contributed by atoms with van der Waals surface area (Å²) in [6, 6.07) is 11.8. The van der Waals surface area contributed by atoms with Crippen LogP contribution in [0.4, 0.5) is 4.39 Å². The van der Waals surface area contributed by atoms with Crippen LogP contribution >= 0.6 is 0 Å². The van der Waals surface area contributed by atoms with Crippen LogP contribution in [-0.2, 0) is 6.54 Å². The Bertz CT molecular complexity index is 739. The number of nitrogens with one attached hydrogen (secondary N) is 1. The second-order valence-corrected chi connectivity index (χ2v) is 4.38. The van der Waals surface area contributed by atoms with Crippen molar-refractivity contribution in [2.24, 2.45) is 0 Å². The fraction of sp³-hybridized carbons (Fsp3) is 0.133. The summed E-state index contributed by atoms with van der Waals surface area (Å²) in [6.07, 6.45) is 1.92. The number of hydrogen-bond acceptors (Lipinski definition) is 3. The number of nitrogens with zero attached hydrogens (tertiary/aromatic N) is 2. The van der Waals surface area contributed by atoms with Crippen molar-refractivity contribution < 1.29 is 9.13 Å². The molecule has 0 saturated carbocycles. The molecule has 0 amide bonds. The molecule has 0 unspecified atom stereocenters. The third kappa shape index (κ3) is 2.35. The fourth-order valence-corrected chi connectivity index (χ4v) is 2.08. The number of ether oxygens (including phenoxy) is 1. The average molecular weight is 271 g/mol. The van der Waals surface area contributed by atoms with E-state index in [1.54, 1.807) is 12.1 Å². The molecule has 3 rings (SSSR count). The van der Waals surface area contributed by atoms with Gasteiger partial charge in [0.05, 0.1) is 0 Å². The van der Waals surface area contributed by atoms with Crippen molar-refractivity contribution >= 4 is 5.65 Å². The maximum atomic E-state index is 13.2. The minimum absolute atomic E-state index is 0.332. The van der Waals surface area contributed by atoms with E-state index in [0.717, 1.165) is 11.3 Å². The van der Waals surface area contributed by atoms with Gasteiger partial charge in [-0.1, -0.05) is 12.1 Å². The highest BCUT2D eigenvalue weighted by molar-refractivity contribution is 5.46. The first-order valence-electron chi connectivity index (χ1n) is 6.32. The van der Waals surface area contributed by atoms with Gasteiger partial charge in [-0.25, -0.2) is 4.39 Å². The molecular formula is C15H14FN3O. The van der Waals surface area contributed by atoms with Gasteiger partial charge in [0, 0.05) is 18.8 Å². The van der Waals surface area contributed by atoms with Crippen molar-refractivity contribution in [3.05, 3.63) is 60.2 Å². The average Bonchev–Trinajstić information content (AvgIpc) is 2.77. The van der Waals surface area contributed by atoms with Crippen LogP contribution in [0.3, 0.4) is 0 Å². The summed E-state index contributed by atoms with van der Waals surface area (Å²) >= 11 is 0. The van der Waals surface area contributed by atoms with E-state index in [1.165, 1.54) is 12.1 Å². The zero-order chi connectivity index (χ0) is 13.9. The molecule has 102 valence electrons. The number of halogens is 1. The van der Waals surface area contributed by atoms with Crippen LogP contribution in [0.15, 0.2) is 48.7 Å². The van der Waals surface area contributed by atoms with E-state index >= 15 is 0 Å². The van der Waals surface area contributed by atoms with Crippen molar-refractivity contribution in [3.8, 4) is 11.6 Å². The zero-order valence-corrected chi connectivity index (χ0v) is 11.0. The molecule has 4 nitrogen and oxygen atoms in total. The second-order valence-electron chi connectivity index (χ2n) is 4.38. The second kappa shape index (κ2) is 5.30. The number of hydrogen-bond donors (Lipinski definition) is 1. The van der Waals surface area contributed by atoms with Gasteiger partial charge in [-0.3, -0.25) is 4.40 Å². The topological polar surface area (TPSA) is 38.6 Å². The Labute approximate surface area is 115 Å². The number of imidazole rings is 1. The minimum atomic E-state index is -0.332. The molecule has 20 heavy (non-hydrogen) atoms. The quantitative estimate of drug-likeness (QED) is 0.792. The standard InChI is InChI=1S/C15H14FN3O/c1-17-10-13-15(18-14-7-2-3-8-19(13)14)20-12-6-4-5-11(16)9-12/h2-9,17H,10H2,1H3. The molecule has 0 radical (unpaired) electrons. The Balaban J connectivity index is 2.04. The third-order valence-electron chi connectivity index (χ3n) is 2.95. The number of benzene rings is 1. The molecular weight excluding hydrogens is 257 g/mol. The van der Waals surface area contributed by atoms with Crippen LogP contribution in [0.5, 0.6) is 11.6 Å². The van der Waals surface area contributed by atoms with Crippen molar-refractivity contribution in [3.63, 3.8) is 0 Å². The van der Waals surface area contributed by atoms with Crippen molar-refractivity contribution in [2.75, 3.05) is 7.05 Å². The lowest BCUT2D eigenvalue weighted by Crippen LogP contribution is -2.08. The van der Waals surface area contributed by atoms with Crippen LogP contribution in [0.1, 0.15) is 5.69 Å². The largest absolute Gasteiger partial charge is 0.437 e. The Morgan fingerprint density at radius 3 is 2.95 bits per heavy atom. The summed E-state index contributed by atoms with van der Waals surface area (Å²) in [5.41, 5.74) is 1.69. The number of rotatable bonds is 4. The summed E-state index contributed by atoms with van der Waals surface area (Å²) in [6.45, 7) is 0.607. The number of fused-ring (bicyclic) bond motifs is 1. The molecule has 1 aromatic carbocycles. The summed E-state index contributed by atoms with van der Waals surface area (Å²) in [4.78, 5) is 4.43. The van der Waals surface area contributed by atoms with Crippen molar-refractivity contribution in [1.82, 2.24) is 14.7 Å². The lowest BCUT2D eigenvalue weighted by atomic mass is 10.3. The molecule has 5 heteroatoms. The third-order valence-corrected chi connectivity index (χ3v) is 2.95. The Morgan fingerprint density at radius 1 is 1.25 bits per heavy atom. The van der Waals surface area contributed by atoms with E-state index in [2.05, 4.69) is 10.3 Å². The summed E-state index contributed by atoms with van der Waals surface area (Å²) in [5, 5.41) is 3.08. The molecule has 0 spiro atoms. The molecule has 0 aliphatic rings. The van der Waals surface area contributed by atoms with Gasteiger partial charge in [-0.05, 0) is 31.3 Å². The predicted molar refractivity (Wildman–Crippen MR) is 74.4 cm³/mol. The lowest BCUT2D eigenvalue weighted by molar-refractivity contribution is 0.452. The van der Waals surface area contributed by atoms with Crippen molar-refractivity contribution in [2.45, 2.75) is 6.54 Å². The van der Waals surface area contributed by atoms with Gasteiger partial charge in [0.15, 0.2) is 0 Å². The van der Waals surface area contributed by atoms with Crippen LogP contribution in [-0.4, -0.2) is 16.4 Å². The molecule has 0 atom stereocenters. The van der Waals surface area contributed by atoms with Gasteiger partial charge in [0.2, 0.25) is 5.88 Å². The maximum Gasteiger partial charge on any atom is 0.242 e. The monoisotopic (exact) mass is 271 g/mol. The number of pyridine rings is 1. The molecule has 0 aliphatic carbocycles. The molecule has 0 bridgehead atoms. The first-order valence-corrected chi connectivity index (χ1v) is 6.32. The van der Waals surface area contributed by atoms with Crippen LogP contribution in [0.25, 0.3) is 5.65 Å². The SMILES string of the molecule is CNCc1c(Oc2cccc(F)c2)nc2ccccn12. The Morgan fingerprint density at radius 2 is 2.15 bits per heavy atom. The Hall–Kier alpha value is -2.40. The van der Waals surface area contributed by atoms with E-state index in [0.29, 0.717) is 18.2 Å². The molecule has 0 saturated heterocycles. The van der Waals surface area contributed by atoms with Gasteiger partial charge in [-0.2, -0.15) is 4.98 Å². The van der Waals surface area contributed by atoms with Gasteiger partial charge < -0.3 is 10.1 Å². The van der Waals surface area contributed by atoms with Crippen molar-refractivity contribution in [1.29, 1.82) is 0 Å². The molecule has 1 N–H and O–H groups in total. The zero-order valence-electron chi connectivity index (χ0n) is 11.0. The van der Waals surface area contributed by atoms with E-state index < -0.39 is 0 Å². The van der Waals surface area contributed by atoms with E-state index in [9.17, 15) is 4.39 Å². The first kappa shape index (κ1) is 12.6. The maximum absolute atomic E-state index is 13.2. The molecule has 0 fully saturated rings. The molecule has 0 aliphatic heterocycles. The van der Waals surface area contributed by atoms with Crippen LogP contribution in [0.2, 0.25) is 0 Å². The number of aromatic nitrogens is 2. The smallest absolute Gasteiger partial charge is 0.242 e. The Kier molecular flexibility index (Phi) is 3.35. The first-order chi connectivity index (χ1) is 9.78. The van der Waals surface area contributed by atoms with E-state index in [1.807, 2.05) is 35.8 Å². The van der Waals surface area contributed by atoms with Crippen LogP contribution < -0.4 is 10.1 Å². The fourth-order valence-electron chi connectivity index (χ4n) is 2.08. The summed E-state index contributed by atoms with van der Waals surface area (Å²) < 4.78 is 20.9. The highest BCUT2D eigenvalue weighted by Crippen LogP contribution is 2.26. The lowest BCUT2D eigenvalue weighted by Gasteiger charge is -2.06. The predicted octanol–water partition coefficient (Wildman–Crippen LogP) is 2.99. The highest BCUT2D eigenvalue weighted by Gasteiger charge is 2.13. The van der Waals surface area contributed by atoms with Gasteiger partial charge in [0.25, 0.3) is 0 Å². The van der Waals surface area contributed by atoms with Crippen LogP contribution in [0, 0.1) is 5.82 Å². The molecule has 3 aromatic rings. The molecule has 2 heterocycles. The summed E-state index contributed by atoms with van der Waals surface area (Å²) in [5.74, 6) is 0.586. The highest BCUT2D eigenvalue weighted by atomic mass is 19.1. The van der Waals surface area contributed by atoms with Gasteiger partial charge in [-0.15, -0.1) is 0 Å². The normalized spacial score (nSPS) is 10.9. The molecule has 2 aromatic heterocycles. The van der Waals surface area contributed by atoms with Gasteiger partial charge >= 0.3 is 0 Å².